The minimum atomic E-state index is -0.810. The summed E-state index contributed by atoms with van der Waals surface area (Å²) >= 11 is 5.95. The van der Waals surface area contributed by atoms with Crippen LogP contribution in [0.5, 0.6) is 0 Å². The Labute approximate surface area is 129 Å². The lowest BCUT2D eigenvalue weighted by Crippen LogP contribution is -2.15. The van der Waals surface area contributed by atoms with E-state index in [1.807, 2.05) is 6.07 Å². The van der Waals surface area contributed by atoms with E-state index in [-0.39, 0.29) is 12.1 Å². The van der Waals surface area contributed by atoms with E-state index in [4.69, 9.17) is 11.6 Å². The van der Waals surface area contributed by atoms with Crippen LogP contribution in [0.2, 0.25) is 5.02 Å². The van der Waals surface area contributed by atoms with Crippen LogP contribution in [0.4, 0.5) is 14.5 Å². The minimum absolute atomic E-state index is 0.0516. The summed E-state index contributed by atoms with van der Waals surface area (Å²) in [6.07, 6.45) is 1.76. The van der Waals surface area contributed by atoms with Gasteiger partial charge in [-0.15, -0.1) is 0 Å². The molecule has 6 heteroatoms. The van der Waals surface area contributed by atoms with E-state index >= 15 is 0 Å². The molecule has 0 atom stereocenters. The lowest BCUT2D eigenvalue weighted by Gasteiger charge is -2.06. The molecule has 0 bridgehead atoms. The summed E-state index contributed by atoms with van der Waals surface area (Å²) < 4.78 is 26.4. The van der Waals surface area contributed by atoms with E-state index < -0.39 is 17.5 Å². The number of amides is 1. The lowest BCUT2D eigenvalue weighted by atomic mass is 10.1. The van der Waals surface area contributed by atoms with Gasteiger partial charge in [-0.1, -0.05) is 11.6 Å². The summed E-state index contributed by atoms with van der Waals surface area (Å²) in [5.41, 5.74) is 1.56. The number of carbonyl (C=O) groups is 1. The van der Waals surface area contributed by atoms with Crippen LogP contribution in [0.3, 0.4) is 0 Å². The van der Waals surface area contributed by atoms with Crippen LogP contribution in [0.1, 0.15) is 5.56 Å². The summed E-state index contributed by atoms with van der Waals surface area (Å²) in [5.74, 6) is -1.90. The normalized spacial score (nSPS) is 10.9. The van der Waals surface area contributed by atoms with Gasteiger partial charge in [-0.2, -0.15) is 0 Å². The molecule has 3 nitrogen and oxygen atoms in total. The first kappa shape index (κ1) is 14.5. The Balaban J connectivity index is 1.79. The zero-order valence-corrected chi connectivity index (χ0v) is 12.0. The van der Waals surface area contributed by atoms with Crippen molar-refractivity contribution >= 4 is 34.1 Å². The minimum Gasteiger partial charge on any atom is -0.361 e. The number of nitrogens with one attached hydrogen (secondary N) is 2. The van der Waals surface area contributed by atoms with Gasteiger partial charge in [0.1, 0.15) is 11.6 Å². The van der Waals surface area contributed by atoms with Crippen molar-refractivity contribution in [3.63, 3.8) is 0 Å². The fourth-order valence-electron chi connectivity index (χ4n) is 2.26. The van der Waals surface area contributed by atoms with Crippen LogP contribution in [0.15, 0.2) is 42.6 Å². The smallest absolute Gasteiger partial charge is 0.228 e. The van der Waals surface area contributed by atoms with Crippen molar-refractivity contribution in [2.75, 3.05) is 5.32 Å². The highest BCUT2D eigenvalue weighted by molar-refractivity contribution is 6.31. The van der Waals surface area contributed by atoms with E-state index in [9.17, 15) is 13.6 Å². The zero-order chi connectivity index (χ0) is 15.7. The highest BCUT2D eigenvalue weighted by Gasteiger charge is 2.12. The van der Waals surface area contributed by atoms with Crippen LogP contribution in [-0.4, -0.2) is 10.9 Å². The second kappa shape index (κ2) is 5.77. The number of anilines is 1. The molecule has 0 unspecified atom stereocenters. The van der Waals surface area contributed by atoms with Gasteiger partial charge in [0.05, 0.1) is 12.1 Å². The van der Waals surface area contributed by atoms with Gasteiger partial charge >= 0.3 is 0 Å². The Kier molecular flexibility index (Phi) is 3.81. The van der Waals surface area contributed by atoms with Crippen LogP contribution >= 0.6 is 11.6 Å². The van der Waals surface area contributed by atoms with Gasteiger partial charge < -0.3 is 10.3 Å². The molecular weight excluding hydrogens is 310 g/mol. The Hall–Kier alpha value is -2.40. The highest BCUT2D eigenvalue weighted by Crippen LogP contribution is 2.23. The molecule has 2 aromatic carbocycles. The lowest BCUT2D eigenvalue weighted by molar-refractivity contribution is -0.115. The number of halogens is 3. The third kappa shape index (κ3) is 2.94. The van der Waals surface area contributed by atoms with E-state index in [1.165, 1.54) is 6.07 Å². The van der Waals surface area contributed by atoms with E-state index in [0.717, 1.165) is 28.6 Å². The number of fused-ring (bicyclic) bond motifs is 1. The van der Waals surface area contributed by atoms with E-state index in [0.29, 0.717) is 5.02 Å². The van der Waals surface area contributed by atoms with Crippen LogP contribution < -0.4 is 5.32 Å². The van der Waals surface area contributed by atoms with Crippen molar-refractivity contribution in [2.45, 2.75) is 6.42 Å². The summed E-state index contributed by atoms with van der Waals surface area (Å²) in [6.45, 7) is 0. The monoisotopic (exact) mass is 320 g/mol. The van der Waals surface area contributed by atoms with Gasteiger partial charge in [-0.05, 0) is 35.9 Å². The number of H-pyrrole nitrogens is 1. The summed E-state index contributed by atoms with van der Waals surface area (Å²) in [6, 6.07) is 8.32. The van der Waals surface area contributed by atoms with Crippen LogP contribution in [-0.2, 0) is 11.2 Å². The molecule has 0 saturated heterocycles. The maximum absolute atomic E-state index is 13.5. The number of hydrogen-bond acceptors (Lipinski definition) is 1. The van der Waals surface area contributed by atoms with Gasteiger partial charge in [0.15, 0.2) is 0 Å². The standard InChI is InChI=1S/C16H11ClF2N2O/c17-10-1-3-14-12(6-10)9(8-20-14)5-16(22)21-15-4-2-11(18)7-13(15)19/h1-4,6-8,20H,5H2,(H,21,22). The fourth-order valence-corrected chi connectivity index (χ4v) is 2.43. The number of rotatable bonds is 3. The van der Waals surface area contributed by atoms with Crippen molar-refractivity contribution in [1.29, 1.82) is 0 Å². The maximum Gasteiger partial charge on any atom is 0.228 e. The molecular formula is C16H11ClF2N2O. The van der Waals surface area contributed by atoms with Crippen molar-refractivity contribution in [3.05, 3.63) is 64.8 Å². The number of aromatic amines is 1. The number of hydrogen-bond donors (Lipinski definition) is 2. The molecule has 1 aromatic heterocycles. The summed E-state index contributed by atoms with van der Waals surface area (Å²) in [7, 11) is 0. The zero-order valence-electron chi connectivity index (χ0n) is 11.3. The van der Waals surface area contributed by atoms with Gasteiger partial charge in [-0.3, -0.25) is 4.79 Å². The Morgan fingerprint density at radius 1 is 1.18 bits per heavy atom. The molecule has 1 amide bonds. The Morgan fingerprint density at radius 3 is 2.77 bits per heavy atom. The topological polar surface area (TPSA) is 44.9 Å². The molecule has 0 spiro atoms. The predicted octanol–water partition coefficient (Wildman–Crippen LogP) is 4.28. The molecule has 0 aliphatic heterocycles. The van der Waals surface area contributed by atoms with Crippen LogP contribution in [0.25, 0.3) is 10.9 Å². The average molecular weight is 321 g/mol. The largest absolute Gasteiger partial charge is 0.361 e. The third-order valence-electron chi connectivity index (χ3n) is 3.29. The summed E-state index contributed by atoms with van der Waals surface area (Å²) in [4.78, 5) is 15.1. The first-order chi connectivity index (χ1) is 10.5. The molecule has 0 aliphatic rings. The molecule has 112 valence electrons. The Bertz CT molecular complexity index is 860. The van der Waals surface area contributed by atoms with Crippen molar-refractivity contribution in [1.82, 2.24) is 4.98 Å². The Morgan fingerprint density at radius 2 is 2.00 bits per heavy atom. The second-order valence-corrected chi connectivity index (χ2v) is 5.29. The van der Waals surface area contributed by atoms with Gasteiger partial charge in [0.2, 0.25) is 5.91 Å². The van der Waals surface area contributed by atoms with Gasteiger partial charge in [0, 0.05) is 28.2 Å². The van der Waals surface area contributed by atoms with Crippen molar-refractivity contribution < 1.29 is 13.6 Å². The molecule has 0 radical (unpaired) electrons. The van der Waals surface area contributed by atoms with E-state index in [2.05, 4.69) is 10.3 Å². The molecule has 0 aliphatic carbocycles. The SMILES string of the molecule is O=C(Cc1c[nH]c2ccc(Cl)cc12)Nc1ccc(F)cc1F. The predicted molar refractivity (Wildman–Crippen MR) is 82.0 cm³/mol. The molecule has 1 heterocycles. The molecule has 3 rings (SSSR count). The molecule has 0 fully saturated rings. The average Bonchev–Trinajstić information content (AvgIpc) is 2.84. The van der Waals surface area contributed by atoms with Gasteiger partial charge in [-0.25, -0.2) is 8.78 Å². The maximum atomic E-state index is 13.5. The third-order valence-corrected chi connectivity index (χ3v) is 3.52. The quantitative estimate of drug-likeness (QED) is 0.743. The number of carbonyl (C=O) groups excluding carboxylic acids is 1. The molecule has 0 saturated carbocycles. The molecule has 2 N–H and O–H groups in total. The number of aromatic nitrogens is 1. The van der Waals surface area contributed by atoms with E-state index in [1.54, 1.807) is 18.3 Å². The molecule has 22 heavy (non-hydrogen) atoms. The van der Waals surface area contributed by atoms with Crippen molar-refractivity contribution in [2.24, 2.45) is 0 Å². The second-order valence-electron chi connectivity index (χ2n) is 4.85. The first-order valence-electron chi connectivity index (χ1n) is 6.53. The van der Waals surface area contributed by atoms with Crippen LogP contribution in [0, 0.1) is 11.6 Å². The van der Waals surface area contributed by atoms with Crippen molar-refractivity contribution in [3.8, 4) is 0 Å². The fraction of sp³-hybridized carbons (Fsp3) is 0.0625. The highest BCUT2D eigenvalue weighted by atomic mass is 35.5. The van der Waals surface area contributed by atoms with Gasteiger partial charge in [0.25, 0.3) is 0 Å². The molecule has 3 aromatic rings. The first-order valence-corrected chi connectivity index (χ1v) is 6.91. The summed E-state index contributed by atoms with van der Waals surface area (Å²) in [5, 5.41) is 3.83. The number of benzene rings is 2.